The van der Waals surface area contributed by atoms with Crippen molar-refractivity contribution in [2.45, 2.75) is 18.7 Å². The highest BCUT2D eigenvalue weighted by atomic mass is 32.2. The third-order valence-corrected chi connectivity index (χ3v) is 6.15. The van der Waals surface area contributed by atoms with Crippen molar-refractivity contribution in [2.24, 2.45) is 0 Å². The van der Waals surface area contributed by atoms with E-state index in [1.165, 1.54) is 32.4 Å². The maximum atomic E-state index is 13.4. The number of likely N-dealkylation sites (N-methyl/N-ethyl adjacent to an activating group) is 1. The third kappa shape index (κ3) is 4.56. The number of para-hydroxylation sites is 1. The van der Waals surface area contributed by atoms with Crippen LogP contribution in [0.3, 0.4) is 0 Å². The van der Waals surface area contributed by atoms with E-state index >= 15 is 0 Å². The minimum absolute atomic E-state index is 0.0151. The lowest BCUT2D eigenvalue weighted by atomic mass is 10.3. The number of methoxy groups -OCH3 is 2. The molecule has 0 spiro atoms. The van der Waals surface area contributed by atoms with Crippen LogP contribution in [0.2, 0.25) is 0 Å². The number of hydrogen-bond acceptors (Lipinski definition) is 5. The van der Waals surface area contributed by atoms with Crippen molar-refractivity contribution in [3.05, 3.63) is 48.5 Å². The van der Waals surface area contributed by atoms with E-state index < -0.39 is 10.0 Å². The van der Waals surface area contributed by atoms with Crippen LogP contribution < -0.4 is 13.8 Å². The second-order valence-electron chi connectivity index (χ2n) is 5.93. The average molecular weight is 407 g/mol. The van der Waals surface area contributed by atoms with E-state index in [1.54, 1.807) is 35.2 Å². The third-order valence-electron chi connectivity index (χ3n) is 4.38. The maximum Gasteiger partial charge on any atom is 0.264 e. The highest BCUT2D eigenvalue weighted by molar-refractivity contribution is 7.92. The molecule has 152 valence electrons. The predicted octanol–water partition coefficient (Wildman–Crippen LogP) is 2.77. The van der Waals surface area contributed by atoms with Crippen LogP contribution in [0.25, 0.3) is 0 Å². The first-order valence-electron chi connectivity index (χ1n) is 8.96. The summed E-state index contributed by atoms with van der Waals surface area (Å²) >= 11 is 0. The summed E-state index contributed by atoms with van der Waals surface area (Å²) in [5, 5.41) is 0. The Kier molecular flexibility index (Phi) is 7.28. The van der Waals surface area contributed by atoms with Gasteiger partial charge in [0.1, 0.15) is 6.54 Å². The van der Waals surface area contributed by atoms with Crippen LogP contribution in [0.5, 0.6) is 11.5 Å². The number of carbonyl (C=O) groups excluding carboxylic acids is 1. The first-order chi connectivity index (χ1) is 13.4. The molecule has 28 heavy (non-hydrogen) atoms. The number of nitrogens with zero attached hydrogens (tertiary/aromatic N) is 2. The Hall–Kier alpha value is -2.74. The van der Waals surface area contributed by atoms with Crippen molar-refractivity contribution < 1.29 is 22.7 Å². The van der Waals surface area contributed by atoms with Crippen molar-refractivity contribution in [1.82, 2.24) is 4.90 Å². The summed E-state index contributed by atoms with van der Waals surface area (Å²) in [5.41, 5.74) is 0.415. The Balaban J connectivity index is 2.51. The normalized spacial score (nSPS) is 11.0. The van der Waals surface area contributed by atoms with Crippen molar-refractivity contribution >= 4 is 21.6 Å². The number of anilines is 1. The molecule has 0 unspecified atom stereocenters. The standard InChI is InChI=1S/C20H26N2O5S/c1-5-21(6-2)20(23)15-22(16-10-8-7-9-11-16)28(24,25)17-12-13-18(26-3)19(14-17)27-4/h7-14H,5-6,15H2,1-4H3. The minimum Gasteiger partial charge on any atom is -0.493 e. The highest BCUT2D eigenvalue weighted by Crippen LogP contribution is 2.32. The van der Waals surface area contributed by atoms with Gasteiger partial charge in [0.05, 0.1) is 24.8 Å². The minimum atomic E-state index is -4.01. The van der Waals surface area contributed by atoms with Crippen molar-refractivity contribution in [3.8, 4) is 11.5 Å². The molecule has 0 heterocycles. The van der Waals surface area contributed by atoms with Gasteiger partial charge in [0, 0.05) is 19.2 Å². The van der Waals surface area contributed by atoms with Crippen LogP contribution >= 0.6 is 0 Å². The molecule has 0 aliphatic heterocycles. The molecule has 0 fully saturated rings. The van der Waals surface area contributed by atoms with E-state index in [9.17, 15) is 13.2 Å². The number of benzene rings is 2. The van der Waals surface area contributed by atoms with Crippen LogP contribution in [0.15, 0.2) is 53.4 Å². The van der Waals surface area contributed by atoms with Crippen molar-refractivity contribution in [2.75, 3.05) is 38.2 Å². The van der Waals surface area contributed by atoms with E-state index in [4.69, 9.17) is 9.47 Å². The Bertz CT molecular complexity index is 896. The summed E-state index contributed by atoms with van der Waals surface area (Å²) in [6, 6.07) is 12.9. The van der Waals surface area contributed by atoms with E-state index in [-0.39, 0.29) is 17.3 Å². The smallest absolute Gasteiger partial charge is 0.264 e. The first kappa shape index (κ1) is 21.6. The summed E-state index contributed by atoms with van der Waals surface area (Å²) in [6.07, 6.45) is 0. The van der Waals surface area contributed by atoms with Gasteiger partial charge < -0.3 is 14.4 Å². The van der Waals surface area contributed by atoms with E-state index in [1.807, 2.05) is 13.8 Å². The van der Waals surface area contributed by atoms with Gasteiger partial charge in [0.2, 0.25) is 5.91 Å². The van der Waals surface area contributed by atoms with E-state index in [0.29, 0.717) is 30.3 Å². The fraction of sp³-hybridized carbons (Fsp3) is 0.350. The van der Waals surface area contributed by atoms with Crippen LogP contribution in [-0.4, -0.2) is 53.1 Å². The summed E-state index contributed by atoms with van der Waals surface area (Å²) in [7, 11) is -1.09. The fourth-order valence-corrected chi connectivity index (χ4v) is 4.24. The molecule has 0 atom stereocenters. The van der Waals surface area contributed by atoms with Crippen LogP contribution in [-0.2, 0) is 14.8 Å². The second kappa shape index (κ2) is 9.45. The maximum absolute atomic E-state index is 13.4. The van der Waals surface area contributed by atoms with Crippen LogP contribution in [0.1, 0.15) is 13.8 Å². The molecule has 0 bridgehead atoms. The zero-order chi connectivity index (χ0) is 20.7. The number of ether oxygens (including phenoxy) is 2. The van der Waals surface area contributed by atoms with Crippen LogP contribution in [0, 0.1) is 0 Å². The summed E-state index contributed by atoms with van der Waals surface area (Å²) < 4.78 is 38.3. The average Bonchev–Trinajstić information content (AvgIpc) is 2.72. The Labute approximate surface area is 166 Å². The number of carbonyl (C=O) groups is 1. The van der Waals surface area contributed by atoms with Gasteiger partial charge in [0.15, 0.2) is 11.5 Å². The van der Waals surface area contributed by atoms with Crippen LogP contribution in [0.4, 0.5) is 5.69 Å². The monoisotopic (exact) mass is 406 g/mol. The molecule has 0 radical (unpaired) electrons. The van der Waals surface area contributed by atoms with Gasteiger partial charge in [-0.15, -0.1) is 0 Å². The Morgan fingerprint density at radius 2 is 1.54 bits per heavy atom. The van der Waals surface area contributed by atoms with Gasteiger partial charge in [-0.05, 0) is 38.1 Å². The lowest BCUT2D eigenvalue weighted by molar-refractivity contribution is -0.129. The molecule has 8 heteroatoms. The molecule has 0 saturated carbocycles. The quantitative estimate of drug-likeness (QED) is 0.640. The zero-order valence-electron chi connectivity index (χ0n) is 16.6. The lowest BCUT2D eigenvalue weighted by Gasteiger charge is -2.27. The molecule has 7 nitrogen and oxygen atoms in total. The van der Waals surface area contributed by atoms with Crippen molar-refractivity contribution in [1.29, 1.82) is 0 Å². The van der Waals surface area contributed by atoms with Gasteiger partial charge in [-0.3, -0.25) is 9.10 Å². The number of sulfonamides is 1. The molecule has 0 aliphatic rings. The van der Waals surface area contributed by atoms with Gasteiger partial charge in [0.25, 0.3) is 10.0 Å². The highest BCUT2D eigenvalue weighted by Gasteiger charge is 2.29. The van der Waals surface area contributed by atoms with Gasteiger partial charge >= 0.3 is 0 Å². The van der Waals surface area contributed by atoms with E-state index in [0.717, 1.165) is 4.31 Å². The molecule has 2 aromatic carbocycles. The molecule has 0 saturated heterocycles. The SMILES string of the molecule is CCN(CC)C(=O)CN(c1ccccc1)S(=O)(=O)c1ccc(OC)c(OC)c1. The summed E-state index contributed by atoms with van der Waals surface area (Å²) in [5.74, 6) is 0.455. The van der Waals surface area contributed by atoms with Crippen molar-refractivity contribution in [3.63, 3.8) is 0 Å². The van der Waals surface area contributed by atoms with Gasteiger partial charge in [-0.1, -0.05) is 18.2 Å². The number of amides is 1. The fourth-order valence-electron chi connectivity index (χ4n) is 2.81. The molecule has 0 aromatic heterocycles. The number of hydrogen-bond donors (Lipinski definition) is 0. The molecule has 1 amide bonds. The first-order valence-corrected chi connectivity index (χ1v) is 10.4. The molecule has 2 rings (SSSR count). The second-order valence-corrected chi connectivity index (χ2v) is 7.79. The molecule has 0 N–H and O–H groups in total. The Morgan fingerprint density at radius 3 is 2.07 bits per heavy atom. The predicted molar refractivity (Wildman–Crippen MR) is 108 cm³/mol. The summed E-state index contributed by atoms with van der Waals surface area (Å²) in [4.78, 5) is 14.3. The molecular formula is C20H26N2O5S. The Morgan fingerprint density at radius 1 is 0.929 bits per heavy atom. The molecular weight excluding hydrogens is 380 g/mol. The topological polar surface area (TPSA) is 76.2 Å². The molecule has 2 aromatic rings. The van der Waals surface area contributed by atoms with Gasteiger partial charge in [-0.25, -0.2) is 8.42 Å². The summed E-state index contributed by atoms with van der Waals surface area (Å²) in [6.45, 7) is 4.44. The molecule has 0 aliphatic carbocycles. The largest absolute Gasteiger partial charge is 0.493 e. The zero-order valence-corrected chi connectivity index (χ0v) is 17.4. The van der Waals surface area contributed by atoms with E-state index in [2.05, 4.69) is 0 Å². The lowest BCUT2D eigenvalue weighted by Crippen LogP contribution is -2.43. The van der Waals surface area contributed by atoms with Gasteiger partial charge in [-0.2, -0.15) is 0 Å². The number of rotatable bonds is 9.